The Morgan fingerprint density at radius 2 is 1.81 bits per heavy atom. The molecular formula is C21H19N5O3S3. The summed E-state index contributed by atoms with van der Waals surface area (Å²) in [5.74, 6) is -0.414. The predicted octanol–water partition coefficient (Wildman–Crippen LogP) is 5.78. The van der Waals surface area contributed by atoms with Crippen LogP contribution >= 0.6 is 34.4 Å². The van der Waals surface area contributed by atoms with E-state index in [-0.39, 0.29) is 11.3 Å². The fourth-order valence-electron chi connectivity index (χ4n) is 3.88. The first-order valence-corrected chi connectivity index (χ1v) is 13.0. The van der Waals surface area contributed by atoms with Crippen molar-refractivity contribution in [3.63, 3.8) is 0 Å². The number of piperidine rings is 1. The monoisotopic (exact) mass is 485 g/mol. The number of nitrogens with zero attached hydrogens (tertiary/aromatic N) is 4. The number of hydrogen-bond acceptors (Lipinski definition) is 9. The molecule has 1 aliphatic heterocycles. The summed E-state index contributed by atoms with van der Waals surface area (Å²) in [6.07, 6.45) is 5.16. The molecule has 1 fully saturated rings. The van der Waals surface area contributed by atoms with E-state index in [0.717, 1.165) is 57.1 Å². The number of nitrogens with one attached hydrogen (secondary N) is 1. The van der Waals surface area contributed by atoms with Crippen LogP contribution in [0.3, 0.4) is 0 Å². The van der Waals surface area contributed by atoms with Crippen molar-refractivity contribution >= 4 is 77.3 Å². The second kappa shape index (κ2) is 8.64. The average Bonchev–Trinajstić information content (AvgIpc) is 3.42. The van der Waals surface area contributed by atoms with Gasteiger partial charge >= 0.3 is 0 Å². The van der Waals surface area contributed by atoms with Crippen LogP contribution in [0.1, 0.15) is 29.6 Å². The van der Waals surface area contributed by atoms with E-state index in [1.165, 1.54) is 17.4 Å². The van der Waals surface area contributed by atoms with Crippen LogP contribution in [0, 0.1) is 10.1 Å². The topological polar surface area (TPSA) is 101 Å². The van der Waals surface area contributed by atoms with Crippen molar-refractivity contribution < 1.29 is 9.72 Å². The normalized spacial score (nSPS) is 14.2. The molecule has 32 heavy (non-hydrogen) atoms. The lowest BCUT2D eigenvalue weighted by molar-refractivity contribution is -0.384. The Balaban J connectivity index is 1.43. The first-order valence-electron chi connectivity index (χ1n) is 10.1. The largest absolute Gasteiger partial charge is 0.366 e. The summed E-state index contributed by atoms with van der Waals surface area (Å²) in [7, 11) is 0. The Bertz CT molecular complexity index is 1340. The fraction of sp³-hybridized carbons (Fsp3) is 0.286. The number of amides is 1. The van der Waals surface area contributed by atoms with Gasteiger partial charge in [-0.25, -0.2) is 9.97 Å². The Morgan fingerprint density at radius 3 is 2.53 bits per heavy atom. The van der Waals surface area contributed by atoms with Crippen LogP contribution in [0.15, 0.2) is 34.7 Å². The maximum absolute atomic E-state index is 12.9. The molecule has 11 heteroatoms. The lowest BCUT2D eigenvalue weighted by Gasteiger charge is -2.28. The lowest BCUT2D eigenvalue weighted by atomic mass is 10.1. The van der Waals surface area contributed by atoms with Gasteiger partial charge in [0.05, 0.1) is 25.4 Å². The van der Waals surface area contributed by atoms with Gasteiger partial charge in [0.2, 0.25) is 0 Å². The van der Waals surface area contributed by atoms with E-state index in [0.29, 0.717) is 10.8 Å². The molecule has 8 nitrogen and oxygen atoms in total. The number of rotatable bonds is 5. The second-order valence-corrected chi connectivity index (χ2v) is 10.5. The molecule has 5 rings (SSSR count). The van der Waals surface area contributed by atoms with Crippen molar-refractivity contribution in [3.05, 3.63) is 46.0 Å². The average molecular weight is 486 g/mol. The molecule has 2 aromatic carbocycles. The maximum atomic E-state index is 12.9. The van der Waals surface area contributed by atoms with Gasteiger partial charge in [0.1, 0.15) is 5.69 Å². The van der Waals surface area contributed by atoms with Gasteiger partial charge < -0.3 is 4.90 Å². The summed E-state index contributed by atoms with van der Waals surface area (Å²) in [5.41, 5.74) is 2.48. The third-order valence-electron chi connectivity index (χ3n) is 5.42. The van der Waals surface area contributed by atoms with E-state index in [1.54, 1.807) is 35.2 Å². The number of aromatic nitrogens is 2. The molecular weight excluding hydrogens is 466 g/mol. The minimum Gasteiger partial charge on any atom is -0.366 e. The highest BCUT2D eigenvalue weighted by Gasteiger charge is 2.23. The van der Waals surface area contributed by atoms with Gasteiger partial charge in [0, 0.05) is 24.7 Å². The minimum atomic E-state index is -0.414. The zero-order valence-electron chi connectivity index (χ0n) is 17.2. The van der Waals surface area contributed by atoms with Crippen LogP contribution in [0.4, 0.5) is 16.5 Å². The number of carbonyl (C=O) groups excluding carboxylic acids is 1. The molecule has 1 aliphatic rings. The SMILES string of the molecule is CSc1nc2ccc3nc(NC(=O)c4ccc(N5CCCCC5)c([N+](=O)[O-])c4)sc3c2s1. The first kappa shape index (κ1) is 21.1. The Morgan fingerprint density at radius 1 is 1.09 bits per heavy atom. The van der Waals surface area contributed by atoms with Crippen molar-refractivity contribution in [2.45, 2.75) is 23.6 Å². The van der Waals surface area contributed by atoms with E-state index in [1.807, 2.05) is 23.3 Å². The molecule has 164 valence electrons. The number of hydrogen-bond donors (Lipinski definition) is 1. The number of carbonyl (C=O) groups is 1. The number of benzene rings is 2. The van der Waals surface area contributed by atoms with Crippen LogP contribution in [-0.2, 0) is 0 Å². The maximum Gasteiger partial charge on any atom is 0.293 e. The number of nitro groups is 1. The standard InChI is InChI=1S/C21H19N5O3S3/c1-30-21-23-14-7-6-13-17(18(14)32-21)31-20(22-13)24-19(27)12-5-8-15(16(11-12)26(28)29)25-9-3-2-4-10-25/h5-8,11H,2-4,9-10H2,1H3,(H,22,24,27). The molecule has 2 aromatic heterocycles. The van der Waals surface area contributed by atoms with Gasteiger partial charge in [0.15, 0.2) is 9.47 Å². The summed E-state index contributed by atoms with van der Waals surface area (Å²) < 4.78 is 3.00. The van der Waals surface area contributed by atoms with Gasteiger partial charge in [-0.1, -0.05) is 23.1 Å². The quantitative estimate of drug-likeness (QED) is 0.217. The third kappa shape index (κ3) is 3.91. The number of fused-ring (bicyclic) bond motifs is 3. The summed E-state index contributed by atoms with van der Waals surface area (Å²) in [5, 5.41) is 15.0. The zero-order chi connectivity index (χ0) is 22.2. The van der Waals surface area contributed by atoms with Gasteiger partial charge in [-0.3, -0.25) is 20.2 Å². The fourth-order valence-corrected chi connectivity index (χ4v) is 6.53. The molecule has 1 N–H and O–H groups in total. The Labute approximate surface area is 195 Å². The molecule has 0 bridgehead atoms. The predicted molar refractivity (Wildman–Crippen MR) is 132 cm³/mol. The van der Waals surface area contributed by atoms with Gasteiger partial charge in [-0.2, -0.15) is 0 Å². The number of anilines is 2. The molecule has 0 unspecified atom stereocenters. The number of thiazole rings is 2. The Kier molecular flexibility index (Phi) is 5.70. The van der Waals surface area contributed by atoms with E-state index in [9.17, 15) is 14.9 Å². The van der Waals surface area contributed by atoms with Crippen molar-refractivity contribution in [2.75, 3.05) is 29.6 Å². The summed E-state index contributed by atoms with van der Waals surface area (Å²) in [6.45, 7) is 1.59. The summed E-state index contributed by atoms with van der Waals surface area (Å²) >= 11 is 4.59. The van der Waals surface area contributed by atoms with E-state index in [4.69, 9.17) is 0 Å². The number of nitro benzene ring substituents is 1. The Hall–Kier alpha value is -2.76. The van der Waals surface area contributed by atoms with Crippen LogP contribution < -0.4 is 10.2 Å². The van der Waals surface area contributed by atoms with Gasteiger partial charge in [-0.15, -0.1) is 11.3 Å². The van der Waals surface area contributed by atoms with Crippen LogP contribution in [-0.4, -0.2) is 40.1 Å². The van der Waals surface area contributed by atoms with E-state index >= 15 is 0 Å². The second-order valence-electron chi connectivity index (χ2n) is 7.43. The van der Waals surface area contributed by atoms with Crippen LogP contribution in [0.2, 0.25) is 0 Å². The highest BCUT2D eigenvalue weighted by Crippen LogP contribution is 2.38. The highest BCUT2D eigenvalue weighted by molar-refractivity contribution is 8.00. The van der Waals surface area contributed by atoms with E-state index < -0.39 is 10.8 Å². The zero-order valence-corrected chi connectivity index (χ0v) is 19.6. The molecule has 0 aliphatic carbocycles. The molecule has 1 saturated heterocycles. The molecule has 0 saturated carbocycles. The lowest BCUT2D eigenvalue weighted by Crippen LogP contribution is -2.30. The van der Waals surface area contributed by atoms with Gasteiger partial charge in [0.25, 0.3) is 11.6 Å². The summed E-state index contributed by atoms with van der Waals surface area (Å²) in [6, 6.07) is 8.51. The minimum absolute atomic E-state index is 0.0418. The van der Waals surface area contributed by atoms with Crippen molar-refractivity contribution in [3.8, 4) is 0 Å². The smallest absolute Gasteiger partial charge is 0.293 e. The van der Waals surface area contributed by atoms with E-state index in [2.05, 4.69) is 15.3 Å². The van der Waals surface area contributed by atoms with Crippen molar-refractivity contribution in [2.24, 2.45) is 0 Å². The van der Waals surface area contributed by atoms with Crippen molar-refractivity contribution in [1.29, 1.82) is 0 Å². The molecule has 0 atom stereocenters. The molecule has 3 heterocycles. The molecule has 0 spiro atoms. The summed E-state index contributed by atoms with van der Waals surface area (Å²) in [4.78, 5) is 35.3. The van der Waals surface area contributed by atoms with Gasteiger partial charge in [-0.05, 0) is 49.8 Å². The molecule has 0 radical (unpaired) electrons. The van der Waals surface area contributed by atoms with Crippen LogP contribution in [0.25, 0.3) is 20.4 Å². The van der Waals surface area contributed by atoms with Crippen molar-refractivity contribution in [1.82, 2.24) is 9.97 Å². The third-order valence-corrected chi connectivity index (χ3v) is 8.63. The molecule has 1 amide bonds. The molecule has 4 aromatic rings. The number of thioether (sulfide) groups is 1. The van der Waals surface area contributed by atoms with Crippen LogP contribution in [0.5, 0.6) is 0 Å². The highest BCUT2D eigenvalue weighted by atomic mass is 32.2. The first-order chi connectivity index (χ1) is 15.5.